The van der Waals surface area contributed by atoms with Crippen molar-refractivity contribution in [3.8, 4) is 0 Å². The van der Waals surface area contributed by atoms with E-state index in [4.69, 9.17) is 69.6 Å². The second-order valence-electron chi connectivity index (χ2n) is 3.59. The molecule has 18 heavy (non-hydrogen) atoms. The first-order valence-electron chi connectivity index (χ1n) is 5.21. The molecule has 0 saturated heterocycles. The fraction of sp³-hybridized carbons (Fsp3) is 0.900. The van der Waals surface area contributed by atoms with Crippen LogP contribution in [0.4, 0.5) is 0 Å². The van der Waals surface area contributed by atoms with Crippen LogP contribution in [-0.2, 0) is 9.53 Å². The molecule has 0 aliphatic heterocycles. The molecule has 0 amide bonds. The Morgan fingerprint density at radius 2 is 1.06 bits per heavy atom. The molecule has 0 aromatic rings. The van der Waals surface area contributed by atoms with E-state index in [0.29, 0.717) is 6.61 Å². The SMILES string of the molecule is CCOC(C)=O.Cl[C@H]1[C@H](Cl)[C@@H](Cl)[C@@H](Cl)[C@H](Cl)[C@H]1Cl. The number of rotatable bonds is 1. The molecule has 0 N–H and O–H groups in total. The standard InChI is InChI=1S/C6H6Cl6.C4H8O2/c7-1-2(8)4(10)6(12)5(11)3(1)9;1-3-6-4(2)5/h1-6H;3H2,1-2H3/t1-,2-,3-,4+,5+,6+;. The van der Waals surface area contributed by atoms with Gasteiger partial charge in [0.2, 0.25) is 0 Å². The van der Waals surface area contributed by atoms with Crippen LogP contribution >= 0.6 is 69.6 Å². The summed E-state index contributed by atoms with van der Waals surface area (Å²) in [5.41, 5.74) is 0. The number of carbonyl (C=O) groups excluding carboxylic acids is 1. The molecule has 2 nitrogen and oxygen atoms in total. The van der Waals surface area contributed by atoms with E-state index in [-0.39, 0.29) is 5.97 Å². The van der Waals surface area contributed by atoms with E-state index in [2.05, 4.69) is 4.74 Å². The first kappa shape index (κ1) is 19.2. The van der Waals surface area contributed by atoms with Crippen LogP contribution < -0.4 is 0 Å². The zero-order valence-corrected chi connectivity index (χ0v) is 14.3. The molecule has 0 aromatic heterocycles. The van der Waals surface area contributed by atoms with Crippen LogP contribution in [-0.4, -0.2) is 44.8 Å². The molecule has 1 rings (SSSR count). The lowest BCUT2D eigenvalue weighted by atomic mass is 9.97. The van der Waals surface area contributed by atoms with Crippen molar-refractivity contribution in [3.05, 3.63) is 0 Å². The highest BCUT2D eigenvalue weighted by Gasteiger charge is 2.46. The molecule has 0 bridgehead atoms. The fourth-order valence-corrected chi connectivity index (χ4v) is 3.58. The van der Waals surface area contributed by atoms with Crippen LogP contribution in [0.3, 0.4) is 0 Å². The van der Waals surface area contributed by atoms with Crippen LogP contribution in [0.25, 0.3) is 0 Å². The van der Waals surface area contributed by atoms with Crippen LogP contribution in [0.1, 0.15) is 13.8 Å². The Morgan fingerprint density at radius 3 is 1.11 bits per heavy atom. The second kappa shape index (κ2) is 9.20. The van der Waals surface area contributed by atoms with Crippen molar-refractivity contribution < 1.29 is 9.53 Å². The lowest BCUT2D eigenvalue weighted by molar-refractivity contribution is -0.140. The Hall–Kier alpha value is 1.21. The van der Waals surface area contributed by atoms with Crippen LogP contribution in [0.5, 0.6) is 0 Å². The fourth-order valence-electron chi connectivity index (χ4n) is 1.26. The van der Waals surface area contributed by atoms with Crippen molar-refractivity contribution in [1.82, 2.24) is 0 Å². The minimum atomic E-state index is -0.437. The van der Waals surface area contributed by atoms with Gasteiger partial charge in [0.05, 0.1) is 38.9 Å². The molecule has 0 radical (unpaired) electrons. The predicted octanol–water partition coefficient (Wildman–Crippen LogP) is 4.21. The Kier molecular flexibility index (Phi) is 9.82. The van der Waals surface area contributed by atoms with Gasteiger partial charge in [0, 0.05) is 6.92 Å². The van der Waals surface area contributed by atoms with Crippen LogP contribution in [0.2, 0.25) is 0 Å². The maximum atomic E-state index is 9.82. The van der Waals surface area contributed by atoms with Crippen molar-refractivity contribution in [2.75, 3.05) is 6.61 Å². The Morgan fingerprint density at radius 1 is 0.833 bits per heavy atom. The average Bonchev–Trinajstić information content (AvgIpc) is 2.32. The third-order valence-electron chi connectivity index (χ3n) is 2.17. The van der Waals surface area contributed by atoms with E-state index in [0.717, 1.165) is 0 Å². The van der Waals surface area contributed by atoms with Crippen molar-refractivity contribution in [2.45, 2.75) is 46.1 Å². The number of halogens is 6. The van der Waals surface area contributed by atoms with Gasteiger partial charge in [-0.05, 0) is 6.92 Å². The van der Waals surface area contributed by atoms with E-state index in [1.807, 2.05) is 0 Å². The third kappa shape index (κ3) is 5.68. The highest BCUT2D eigenvalue weighted by Crippen LogP contribution is 2.39. The van der Waals surface area contributed by atoms with Crippen molar-refractivity contribution in [3.63, 3.8) is 0 Å². The van der Waals surface area contributed by atoms with Gasteiger partial charge in [-0.15, -0.1) is 69.6 Å². The van der Waals surface area contributed by atoms with Gasteiger partial charge in [-0.2, -0.15) is 0 Å². The van der Waals surface area contributed by atoms with Crippen LogP contribution in [0, 0.1) is 0 Å². The first-order valence-corrected chi connectivity index (χ1v) is 7.83. The predicted molar refractivity (Wildman–Crippen MR) is 80.2 cm³/mol. The molecule has 0 atom stereocenters. The van der Waals surface area contributed by atoms with Gasteiger partial charge in [-0.25, -0.2) is 0 Å². The van der Waals surface area contributed by atoms with E-state index in [9.17, 15) is 4.79 Å². The summed E-state index contributed by atoms with van der Waals surface area (Å²) in [6.45, 7) is 3.65. The maximum Gasteiger partial charge on any atom is 0.302 e. The summed E-state index contributed by atoms with van der Waals surface area (Å²) in [5, 5.41) is -2.62. The summed E-state index contributed by atoms with van der Waals surface area (Å²) in [4.78, 5) is 9.82. The van der Waals surface area contributed by atoms with Gasteiger partial charge in [-0.1, -0.05) is 0 Å². The highest BCUT2D eigenvalue weighted by atomic mass is 35.5. The normalized spacial score (nSPS) is 39.6. The molecular weight excluding hydrogens is 365 g/mol. The lowest BCUT2D eigenvalue weighted by Crippen LogP contribution is -2.52. The Bertz CT molecular complexity index is 206. The monoisotopic (exact) mass is 376 g/mol. The molecular formula is C10H14Cl6O2. The van der Waals surface area contributed by atoms with E-state index in [1.165, 1.54) is 6.92 Å². The molecule has 0 unspecified atom stereocenters. The molecule has 0 spiro atoms. The molecule has 8 heteroatoms. The largest absolute Gasteiger partial charge is 0.466 e. The Labute approximate surface area is 137 Å². The number of hydrogen-bond acceptors (Lipinski definition) is 2. The number of esters is 1. The summed E-state index contributed by atoms with van der Waals surface area (Å²) < 4.78 is 4.40. The van der Waals surface area contributed by atoms with E-state index >= 15 is 0 Å². The second-order valence-corrected chi connectivity index (χ2v) is 6.61. The smallest absolute Gasteiger partial charge is 0.302 e. The summed E-state index contributed by atoms with van der Waals surface area (Å²) >= 11 is 35.3. The van der Waals surface area contributed by atoms with Crippen molar-refractivity contribution in [2.24, 2.45) is 0 Å². The first-order chi connectivity index (χ1) is 8.23. The minimum absolute atomic E-state index is 0.211. The van der Waals surface area contributed by atoms with Crippen molar-refractivity contribution >= 4 is 75.6 Å². The summed E-state index contributed by atoms with van der Waals surface area (Å²) in [7, 11) is 0. The number of ether oxygens (including phenoxy) is 1. The summed E-state index contributed by atoms with van der Waals surface area (Å²) in [5.74, 6) is -0.211. The molecule has 1 fully saturated rings. The van der Waals surface area contributed by atoms with Gasteiger partial charge < -0.3 is 4.74 Å². The molecule has 0 aromatic carbocycles. The number of carbonyl (C=O) groups is 1. The van der Waals surface area contributed by atoms with Gasteiger partial charge in [-0.3, -0.25) is 4.79 Å². The van der Waals surface area contributed by atoms with Crippen molar-refractivity contribution in [1.29, 1.82) is 0 Å². The number of alkyl halides is 6. The molecule has 0 heterocycles. The molecule has 1 aliphatic carbocycles. The highest BCUT2D eigenvalue weighted by molar-refractivity contribution is 6.45. The molecule has 1 saturated carbocycles. The third-order valence-corrected chi connectivity index (χ3v) is 6.20. The topological polar surface area (TPSA) is 26.3 Å². The number of hydrogen-bond donors (Lipinski definition) is 0. The average molecular weight is 379 g/mol. The van der Waals surface area contributed by atoms with E-state index in [1.54, 1.807) is 6.92 Å². The van der Waals surface area contributed by atoms with Gasteiger partial charge in [0.1, 0.15) is 0 Å². The lowest BCUT2D eigenvalue weighted by Gasteiger charge is -2.37. The van der Waals surface area contributed by atoms with Crippen LogP contribution in [0.15, 0.2) is 0 Å². The quantitative estimate of drug-likeness (QED) is 0.504. The van der Waals surface area contributed by atoms with E-state index < -0.39 is 32.3 Å². The summed E-state index contributed by atoms with van der Waals surface area (Å²) in [6.07, 6.45) is 0. The maximum absolute atomic E-state index is 9.82. The van der Waals surface area contributed by atoms with Gasteiger partial charge >= 0.3 is 5.97 Å². The minimum Gasteiger partial charge on any atom is -0.466 e. The summed E-state index contributed by atoms with van der Waals surface area (Å²) in [6, 6.07) is 0. The molecule has 1 aliphatic rings. The van der Waals surface area contributed by atoms with Gasteiger partial charge in [0.15, 0.2) is 0 Å². The Balaban J connectivity index is 0.000000411. The van der Waals surface area contributed by atoms with Gasteiger partial charge in [0.25, 0.3) is 0 Å². The zero-order valence-electron chi connectivity index (χ0n) is 9.76. The molecule has 108 valence electrons. The zero-order chi connectivity index (χ0) is 14.5.